The molecule has 8 nitrogen and oxygen atoms in total. The summed E-state index contributed by atoms with van der Waals surface area (Å²) in [7, 11) is 0. The summed E-state index contributed by atoms with van der Waals surface area (Å²) in [6, 6.07) is 7.91. The molecule has 27 heavy (non-hydrogen) atoms. The van der Waals surface area contributed by atoms with Crippen molar-refractivity contribution in [3.05, 3.63) is 53.9 Å². The zero-order valence-corrected chi connectivity index (χ0v) is 15.7. The van der Waals surface area contributed by atoms with Gasteiger partial charge in [0.15, 0.2) is 11.1 Å². The summed E-state index contributed by atoms with van der Waals surface area (Å²) >= 11 is 1.46. The lowest BCUT2D eigenvalue weighted by Crippen LogP contribution is -2.23. The van der Waals surface area contributed by atoms with Crippen molar-refractivity contribution in [1.29, 1.82) is 0 Å². The molecule has 3 rings (SSSR count). The summed E-state index contributed by atoms with van der Waals surface area (Å²) in [6.45, 7) is 3.27. The van der Waals surface area contributed by atoms with Crippen molar-refractivity contribution < 1.29 is 4.79 Å². The van der Waals surface area contributed by atoms with Gasteiger partial charge in [-0.05, 0) is 11.6 Å². The fourth-order valence-electron chi connectivity index (χ4n) is 2.38. The SMILES string of the molecule is CC(=O)NCc1cccc(-c2csc(NC(N)=NCCn3ccnc3)n2)c1. The van der Waals surface area contributed by atoms with Gasteiger partial charge in [-0.2, -0.15) is 0 Å². The molecular formula is C18H21N7OS. The van der Waals surface area contributed by atoms with Crippen LogP contribution in [0.4, 0.5) is 5.13 Å². The van der Waals surface area contributed by atoms with Gasteiger partial charge in [0, 0.05) is 43.4 Å². The minimum Gasteiger partial charge on any atom is -0.370 e. The largest absolute Gasteiger partial charge is 0.370 e. The summed E-state index contributed by atoms with van der Waals surface area (Å²) in [6.07, 6.45) is 5.35. The summed E-state index contributed by atoms with van der Waals surface area (Å²) in [5, 5.41) is 8.45. The molecule has 2 heterocycles. The van der Waals surface area contributed by atoms with Gasteiger partial charge in [0.2, 0.25) is 5.91 Å². The molecule has 0 unspecified atom stereocenters. The van der Waals surface area contributed by atoms with E-state index in [0.29, 0.717) is 30.7 Å². The monoisotopic (exact) mass is 383 g/mol. The van der Waals surface area contributed by atoms with Crippen LogP contribution in [-0.4, -0.2) is 32.9 Å². The summed E-state index contributed by atoms with van der Waals surface area (Å²) in [5.41, 5.74) is 8.77. The molecule has 0 aliphatic heterocycles. The van der Waals surface area contributed by atoms with Gasteiger partial charge in [0.25, 0.3) is 0 Å². The minimum absolute atomic E-state index is 0.0525. The van der Waals surface area contributed by atoms with Gasteiger partial charge in [-0.15, -0.1) is 11.3 Å². The molecule has 0 radical (unpaired) electrons. The molecule has 0 aliphatic carbocycles. The first-order valence-corrected chi connectivity index (χ1v) is 9.30. The molecule has 1 aromatic carbocycles. The van der Waals surface area contributed by atoms with Gasteiger partial charge in [-0.25, -0.2) is 9.97 Å². The molecular weight excluding hydrogens is 362 g/mol. The number of amides is 1. The van der Waals surface area contributed by atoms with Gasteiger partial charge in [-0.1, -0.05) is 18.2 Å². The Hall–Kier alpha value is -3.20. The number of aliphatic imine (C=N–C) groups is 1. The quantitative estimate of drug-likeness (QED) is 0.427. The van der Waals surface area contributed by atoms with Crippen molar-refractivity contribution in [3.8, 4) is 11.3 Å². The Morgan fingerprint density at radius 1 is 1.41 bits per heavy atom. The number of hydrogen-bond acceptors (Lipinski definition) is 5. The minimum atomic E-state index is -0.0525. The van der Waals surface area contributed by atoms with Crippen LogP contribution in [0, 0.1) is 0 Å². The van der Waals surface area contributed by atoms with E-state index in [4.69, 9.17) is 5.73 Å². The third-order valence-electron chi connectivity index (χ3n) is 3.70. The van der Waals surface area contributed by atoms with Gasteiger partial charge >= 0.3 is 0 Å². The van der Waals surface area contributed by atoms with Crippen LogP contribution in [0.5, 0.6) is 0 Å². The standard InChI is InChI=1S/C18H21N7OS/c1-13(26)22-10-14-3-2-4-15(9-14)16-11-27-18(23-16)24-17(19)21-6-8-25-7-5-20-12-25/h2-5,7,9,11-12H,6,8,10H2,1H3,(H,22,26)(H3,19,21,23,24). The highest BCUT2D eigenvalue weighted by atomic mass is 32.1. The Bertz CT molecular complexity index is 917. The molecule has 0 spiro atoms. The Balaban J connectivity index is 1.59. The lowest BCUT2D eigenvalue weighted by Gasteiger charge is -2.04. The number of guanidine groups is 1. The molecule has 3 aromatic rings. The average Bonchev–Trinajstić information content (AvgIpc) is 3.32. The van der Waals surface area contributed by atoms with Crippen molar-refractivity contribution in [2.45, 2.75) is 20.0 Å². The van der Waals surface area contributed by atoms with E-state index >= 15 is 0 Å². The van der Waals surface area contributed by atoms with E-state index in [-0.39, 0.29) is 5.91 Å². The average molecular weight is 383 g/mol. The lowest BCUT2D eigenvalue weighted by molar-refractivity contribution is -0.119. The fourth-order valence-corrected chi connectivity index (χ4v) is 3.11. The number of carbonyl (C=O) groups is 1. The molecule has 0 saturated carbocycles. The van der Waals surface area contributed by atoms with Crippen molar-refractivity contribution in [2.75, 3.05) is 11.9 Å². The summed E-state index contributed by atoms with van der Waals surface area (Å²) < 4.78 is 1.94. The van der Waals surface area contributed by atoms with Crippen LogP contribution >= 0.6 is 11.3 Å². The lowest BCUT2D eigenvalue weighted by atomic mass is 10.1. The molecule has 0 saturated heterocycles. The van der Waals surface area contributed by atoms with Crippen LogP contribution in [0.3, 0.4) is 0 Å². The number of nitrogens with zero attached hydrogens (tertiary/aromatic N) is 4. The topological polar surface area (TPSA) is 110 Å². The van der Waals surface area contributed by atoms with E-state index in [9.17, 15) is 4.79 Å². The first-order valence-electron chi connectivity index (χ1n) is 8.42. The smallest absolute Gasteiger partial charge is 0.217 e. The Labute approximate surface area is 161 Å². The highest BCUT2D eigenvalue weighted by Gasteiger charge is 2.06. The highest BCUT2D eigenvalue weighted by Crippen LogP contribution is 2.25. The Kier molecular flexibility index (Phi) is 6.16. The second-order valence-corrected chi connectivity index (χ2v) is 6.70. The van der Waals surface area contributed by atoms with Crippen LogP contribution in [-0.2, 0) is 17.9 Å². The summed E-state index contributed by atoms with van der Waals surface area (Å²) in [5.74, 6) is 0.277. The maximum atomic E-state index is 11.1. The number of carbonyl (C=O) groups excluding carboxylic acids is 1. The van der Waals surface area contributed by atoms with Crippen molar-refractivity contribution >= 4 is 28.3 Å². The maximum Gasteiger partial charge on any atom is 0.217 e. The number of nitrogens with one attached hydrogen (secondary N) is 2. The molecule has 2 aromatic heterocycles. The predicted molar refractivity (Wildman–Crippen MR) is 107 cm³/mol. The van der Waals surface area contributed by atoms with Crippen molar-refractivity contribution in [1.82, 2.24) is 19.9 Å². The molecule has 0 atom stereocenters. The number of benzene rings is 1. The third kappa shape index (κ3) is 5.65. The van der Waals surface area contributed by atoms with E-state index in [1.807, 2.05) is 40.4 Å². The number of nitrogens with two attached hydrogens (primary N) is 1. The van der Waals surface area contributed by atoms with Crippen LogP contribution < -0.4 is 16.4 Å². The molecule has 0 bridgehead atoms. The van der Waals surface area contributed by atoms with E-state index in [1.54, 1.807) is 12.5 Å². The second kappa shape index (κ2) is 8.95. The maximum absolute atomic E-state index is 11.1. The van der Waals surface area contributed by atoms with E-state index in [1.165, 1.54) is 18.3 Å². The number of hydrogen-bond donors (Lipinski definition) is 3. The highest BCUT2D eigenvalue weighted by molar-refractivity contribution is 7.14. The van der Waals surface area contributed by atoms with Crippen LogP contribution in [0.1, 0.15) is 12.5 Å². The van der Waals surface area contributed by atoms with Gasteiger partial charge in [-0.3, -0.25) is 9.79 Å². The molecule has 9 heteroatoms. The molecule has 0 aliphatic rings. The summed E-state index contributed by atoms with van der Waals surface area (Å²) in [4.78, 5) is 23.9. The zero-order valence-electron chi connectivity index (χ0n) is 14.9. The fraction of sp³-hybridized carbons (Fsp3) is 0.222. The number of anilines is 1. The van der Waals surface area contributed by atoms with Crippen LogP contribution in [0.25, 0.3) is 11.3 Å². The van der Waals surface area contributed by atoms with Gasteiger partial charge in [0.05, 0.1) is 18.6 Å². The Morgan fingerprint density at radius 2 is 2.30 bits per heavy atom. The van der Waals surface area contributed by atoms with Crippen molar-refractivity contribution in [3.63, 3.8) is 0 Å². The number of imidazole rings is 1. The molecule has 4 N–H and O–H groups in total. The van der Waals surface area contributed by atoms with Crippen molar-refractivity contribution in [2.24, 2.45) is 10.7 Å². The van der Waals surface area contributed by atoms with Gasteiger partial charge < -0.3 is 20.9 Å². The predicted octanol–water partition coefficient (Wildman–Crippen LogP) is 2.07. The first kappa shape index (κ1) is 18.6. The van der Waals surface area contributed by atoms with Crippen LogP contribution in [0.2, 0.25) is 0 Å². The van der Waals surface area contributed by atoms with E-state index < -0.39 is 0 Å². The second-order valence-electron chi connectivity index (χ2n) is 5.84. The number of rotatable bonds is 7. The first-order chi connectivity index (χ1) is 13.1. The van der Waals surface area contributed by atoms with E-state index in [2.05, 4.69) is 25.6 Å². The van der Waals surface area contributed by atoms with Crippen LogP contribution in [0.15, 0.2) is 53.4 Å². The molecule has 0 fully saturated rings. The third-order valence-corrected chi connectivity index (χ3v) is 4.46. The zero-order chi connectivity index (χ0) is 19.1. The van der Waals surface area contributed by atoms with E-state index in [0.717, 1.165) is 16.8 Å². The van der Waals surface area contributed by atoms with Gasteiger partial charge in [0.1, 0.15) is 0 Å². The molecule has 140 valence electrons. The normalized spacial score (nSPS) is 11.4. The molecule has 1 amide bonds. The number of thiazole rings is 1. The Morgan fingerprint density at radius 3 is 3.07 bits per heavy atom. The number of aromatic nitrogens is 3.